The fourth-order valence-corrected chi connectivity index (χ4v) is 2.27. The number of hydrogen-bond donors (Lipinski definition) is 2. The fourth-order valence-electron chi connectivity index (χ4n) is 2.27. The number of nitrogens with zero attached hydrogens (tertiary/aromatic N) is 1. The molecule has 0 saturated carbocycles. The van der Waals surface area contributed by atoms with Crippen LogP contribution in [0.1, 0.15) is 33.1 Å². The summed E-state index contributed by atoms with van der Waals surface area (Å²) in [4.78, 5) is 12.9. The predicted octanol–water partition coefficient (Wildman–Crippen LogP) is 0.695. The van der Waals surface area contributed by atoms with Crippen LogP contribution in [0.4, 0.5) is 0 Å². The minimum absolute atomic E-state index is 0.0241. The zero-order chi connectivity index (χ0) is 10.7. The van der Waals surface area contributed by atoms with Crippen molar-refractivity contribution in [3.8, 4) is 0 Å². The summed E-state index contributed by atoms with van der Waals surface area (Å²) in [6.07, 6.45) is 2.05. The first kappa shape index (κ1) is 11.5. The molecule has 0 aromatic heterocycles. The van der Waals surface area contributed by atoms with E-state index in [9.17, 15) is 9.90 Å². The molecule has 82 valence electrons. The maximum Gasteiger partial charge on any atom is 0.320 e. The van der Waals surface area contributed by atoms with E-state index in [1.807, 2.05) is 11.8 Å². The maximum absolute atomic E-state index is 11.0. The Morgan fingerprint density at radius 3 is 2.71 bits per heavy atom. The third-order valence-electron chi connectivity index (χ3n) is 2.97. The van der Waals surface area contributed by atoms with Gasteiger partial charge in [-0.3, -0.25) is 9.69 Å². The number of aliphatic hydroxyl groups is 1. The number of hydrogen-bond acceptors (Lipinski definition) is 3. The van der Waals surface area contributed by atoms with Crippen molar-refractivity contribution < 1.29 is 15.0 Å². The monoisotopic (exact) mass is 201 g/mol. The van der Waals surface area contributed by atoms with Gasteiger partial charge in [-0.2, -0.15) is 0 Å². The first-order valence-corrected chi connectivity index (χ1v) is 5.24. The molecule has 0 radical (unpaired) electrons. The van der Waals surface area contributed by atoms with Gasteiger partial charge in [-0.15, -0.1) is 0 Å². The molecule has 1 rings (SSSR count). The highest BCUT2D eigenvalue weighted by Gasteiger charge is 2.35. The molecule has 1 aliphatic heterocycles. The number of carboxylic acid groups (broad SMARTS) is 1. The number of aliphatic carboxylic acids is 1. The normalized spacial score (nSPS) is 27.5. The van der Waals surface area contributed by atoms with Gasteiger partial charge in [-0.25, -0.2) is 0 Å². The molecule has 0 unspecified atom stereocenters. The second kappa shape index (κ2) is 4.75. The highest BCUT2D eigenvalue weighted by atomic mass is 16.4. The Kier molecular flexibility index (Phi) is 3.89. The lowest BCUT2D eigenvalue weighted by Gasteiger charge is -2.31. The fraction of sp³-hybridized carbons (Fsp3) is 0.900. The summed E-state index contributed by atoms with van der Waals surface area (Å²) in [5.74, 6) is -0.778. The molecular weight excluding hydrogens is 182 g/mol. The first-order chi connectivity index (χ1) is 6.57. The number of rotatable bonds is 4. The maximum atomic E-state index is 11.0. The van der Waals surface area contributed by atoms with Gasteiger partial charge in [-0.1, -0.05) is 6.92 Å². The molecule has 0 aromatic carbocycles. The van der Waals surface area contributed by atoms with E-state index in [2.05, 4.69) is 0 Å². The molecule has 2 N–H and O–H groups in total. The number of carboxylic acids is 1. The van der Waals surface area contributed by atoms with Gasteiger partial charge in [0.05, 0.1) is 6.10 Å². The average molecular weight is 201 g/mol. The number of likely N-dealkylation sites (tertiary alicyclic amines) is 1. The SMILES string of the molecule is CC[C@H](C(=O)O)N1CCC[C@@H]1[C@H](C)O. The number of aliphatic hydroxyl groups excluding tert-OH is 1. The Morgan fingerprint density at radius 1 is 1.64 bits per heavy atom. The Bertz CT molecular complexity index is 206. The van der Waals surface area contributed by atoms with Crippen LogP contribution in [-0.4, -0.2) is 45.8 Å². The van der Waals surface area contributed by atoms with Crippen LogP contribution in [0.5, 0.6) is 0 Å². The van der Waals surface area contributed by atoms with Crippen molar-refractivity contribution in [2.45, 2.75) is 51.3 Å². The quantitative estimate of drug-likeness (QED) is 0.702. The minimum Gasteiger partial charge on any atom is -0.480 e. The molecule has 14 heavy (non-hydrogen) atoms. The zero-order valence-corrected chi connectivity index (χ0v) is 8.81. The molecule has 1 heterocycles. The van der Waals surface area contributed by atoms with Gasteiger partial charge in [0.15, 0.2) is 0 Å². The molecule has 1 saturated heterocycles. The van der Waals surface area contributed by atoms with E-state index >= 15 is 0 Å². The summed E-state index contributed by atoms with van der Waals surface area (Å²) < 4.78 is 0. The van der Waals surface area contributed by atoms with E-state index in [1.54, 1.807) is 6.92 Å². The Morgan fingerprint density at radius 2 is 2.29 bits per heavy atom. The van der Waals surface area contributed by atoms with Gasteiger partial charge >= 0.3 is 5.97 Å². The lowest BCUT2D eigenvalue weighted by molar-refractivity contribution is -0.144. The van der Waals surface area contributed by atoms with Crippen LogP contribution < -0.4 is 0 Å². The molecule has 3 atom stereocenters. The molecule has 0 aliphatic carbocycles. The van der Waals surface area contributed by atoms with Gasteiger partial charge in [0.1, 0.15) is 6.04 Å². The van der Waals surface area contributed by atoms with Crippen molar-refractivity contribution in [2.24, 2.45) is 0 Å². The second-order valence-corrected chi connectivity index (χ2v) is 3.95. The van der Waals surface area contributed by atoms with Gasteiger partial charge in [0.2, 0.25) is 0 Å². The molecule has 4 nitrogen and oxygen atoms in total. The highest BCUT2D eigenvalue weighted by Crippen LogP contribution is 2.24. The third kappa shape index (κ3) is 2.25. The molecule has 4 heteroatoms. The van der Waals surface area contributed by atoms with E-state index in [1.165, 1.54) is 0 Å². The van der Waals surface area contributed by atoms with Crippen molar-refractivity contribution in [3.63, 3.8) is 0 Å². The molecule has 1 fully saturated rings. The zero-order valence-electron chi connectivity index (χ0n) is 8.81. The molecule has 1 aliphatic rings. The molecule has 0 aromatic rings. The van der Waals surface area contributed by atoms with Gasteiger partial charge in [-0.05, 0) is 32.7 Å². The Labute approximate surface area is 84.5 Å². The lowest BCUT2D eigenvalue weighted by Crippen LogP contribution is -2.47. The molecule has 0 amide bonds. The van der Waals surface area contributed by atoms with Gasteiger partial charge in [0, 0.05) is 6.04 Å². The van der Waals surface area contributed by atoms with Gasteiger partial charge < -0.3 is 10.2 Å². The van der Waals surface area contributed by atoms with E-state index in [0.717, 1.165) is 19.4 Å². The summed E-state index contributed by atoms with van der Waals surface area (Å²) in [5, 5.41) is 18.5. The third-order valence-corrected chi connectivity index (χ3v) is 2.97. The van der Waals surface area contributed by atoms with Crippen LogP contribution >= 0.6 is 0 Å². The Hall–Kier alpha value is -0.610. The molecule has 0 bridgehead atoms. The lowest BCUT2D eigenvalue weighted by atomic mass is 10.1. The predicted molar refractivity (Wildman–Crippen MR) is 53.1 cm³/mol. The van der Waals surface area contributed by atoms with Crippen molar-refractivity contribution in [1.82, 2.24) is 4.90 Å². The number of carbonyl (C=O) groups is 1. The van der Waals surface area contributed by atoms with E-state index in [0.29, 0.717) is 6.42 Å². The summed E-state index contributed by atoms with van der Waals surface area (Å²) in [7, 11) is 0. The second-order valence-electron chi connectivity index (χ2n) is 3.95. The van der Waals surface area contributed by atoms with E-state index < -0.39 is 18.1 Å². The van der Waals surface area contributed by atoms with Crippen LogP contribution in [0.3, 0.4) is 0 Å². The summed E-state index contributed by atoms with van der Waals surface area (Å²) in [6, 6.07) is -0.409. The van der Waals surface area contributed by atoms with Crippen LogP contribution in [0.15, 0.2) is 0 Å². The van der Waals surface area contributed by atoms with Crippen LogP contribution in [0.2, 0.25) is 0 Å². The topological polar surface area (TPSA) is 60.8 Å². The Balaban J connectivity index is 2.69. The van der Waals surface area contributed by atoms with E-state index in [4.69, 9.17) is 5.11 Å². The van der Waals surface area contributed by atoms with Crippen molar-refractivity contribution in [3.05, 3.63) is 0 Å². The standard InChI is InChI=1S/C10H19NO3/c1-3-8(10(13)14)11-6-4-5-9(11)7(2)12/h7-9,12H,3-6H2,1-2H3,(H,13,14)/t7-,8+,9+/m0/s1. The van der Waals surface area contributed by atoms with Crippen molar-refractivity contribution >= 4 is 5.97 Å². The van der Waals surface area contributed by atoms with Crippen LogP contribution in [-0.2, 0) is 4.79 Å². The largest absolute Gasteiger partial charge is 0.480 e. The summed E-state index contributed by atoms with van der Waals surface area (Å²) >= 11 is 0. The van der Waals surface area contributed by atoms with Crippen LogP contribution in [0, 0.1) is 0 Å². The molecular formula is C10H19NO3. The summed E-state index contributed by atoms with van der Waals surface area (Å²) in [5.41, 5.74) is 0. The molecule has 0 spiro atoms. The average Bonchev–Trinajstić information content (AvgIpc) is 2.53. The van der Waals surface area contributed by atoms with Crippen molar-refractivity contribution in [2.75, 3.05) is 6.54 Å². The van der Waals surface area contributed by atoms with Gasteiger partial charge in [0.25, 0.3) is 0 Å². The smallest absolute Gasteiger partial charge is 0.320 e. The van der Waals surface area contributed by atoms with Crippen LogP contribution in [0.25, 0.3) is 0 Å². The van der Waals surface area contributed by atoms with E-state index in [-0.39, 0.29) is 6.04 Å². The van der Waals surface area contributed by atoms with Crippen molar-refractivity contribution in [1.29, 1.82) is 0 Å². The first-order valence-electron chi connectivity index (χ1n) is 5.24. The minimum atomic E-state index is -0.778. The highest BCUT2D eigenvalue weighted by molar-refractivity contribution is 5.73. The summed E-state index contributed by atoms with van der Waals surface area (Å²) in [6.45, 7) is 4.40.